The van der Waals surface area contributed by atoms with Gasteiger partial charge in [-0.3, -0.25) is 9.69 Å². The molecule has 4 rings (SSSR count). The molecule has 1 fully saturated rings. The van der Waals surface area contributed by atoms with Crippen molar-refractivity contribution < 1.29 is 4.79 Å². The second-order valence-corrected chi connectivity index (χ2v) is 7.18. The lowest BCUT2D eigenvalue weighted by atomic mass is 10.1. The number of nitrogens with zero attached hydrogens (tertiary/aromatic N) is 2. The fraction of sp³-hybridized carbons (Fsp3) is 0.381. The third kappa shape index (κ3) is 3.14. The Bertz CT molecular complexity index is 774. The summed E-state index contributed by atoms with van der Waals surface area (Å²) in [7, 11) is 1.85. The van der Waals surface area contributed by atoms with Gasteiger partial charge in [0.15, 0.2) is 0 Å². The fourth-order valence-electron chi connectivity index (χ4n) is 3.99. The second kappa shape index (κ2) is 6.52. The molecule has 0 spiro atoms. The van der Waals surface area contributed by atoms with Crippen LogP contribution in [0, 0.1) is 0 Å². The highest BCUT2D eigenvalue weighted by Gasteiger charge is 2.28. The summed E-state index contributed by atoms with van der Waals surface area (Å²) in [5.74, 6) is 0.177. The highest BCUT2D eigenvalue weighted by atomic mass is 16.2. The van der Waals surface area contributed by atoms with Crippen LogP contribution in [0.1, 0.15) is 30.5 Å². The van der Waals surface area contributed by atoms with Crippen LogP contribution in [0.4, 0.5) is 11.4 Å². The molecule has 25 heavy (non-hydrogen) atoms. The van der Waals surface area contributed by atoms with E-state index in [1.807, 2.05) is 7.05 Å². The number of nitrogens with one attached hydrogen (secondary N) is 1. The van der Waals surface area contributed by atoms with E-state index in [-0.39, 0.29) is 5.91 Å². The summed E-state index contributed by atoms with van der Waals surface area (Å²) in [5, 5.41) is 3.67. The Balaban J connectivity index is 1.40. The molecule has 2 aliphatic heterocycles. The normalized spacial score (nSPS) is 21.4. The number of hydrogen-bond acceptors (Lipinski definition) is 3. The van der Waals surface area contributed by atoms with E-state index < -0.39 is 0 Å². The third-order valence-corrected chi connectivity index (χ3v) is 5.58. The molecule has 2 aliphatic rings. The molecule has 1 N–H and O–H groups in total. The molecule has 0 unspecified atom stereocenters. The zero-order chi connectivity index (χ0) is 17.4. The van der Waals surface area contributed by atoms with E-state index in [1.54, 1.807) is 4.90 Å². The van der Waals surface area contributed by atoms with Crippen molar-refractivity contribution in [3.8, 4) is 0 Å². The van der Waals surface area contributed by atoms with Gasteiger partial charge in [-0.2, -0.15) is 0 Å². The summed E-state index contributed by atoms with van der Waals surface area (Å²) in [6.07, 6.45) is 1.66. The van der Waals surface area contributed by atoms with Crippen molar-refractivity contribution in [1.29, 1.82) is 0 Å². The number of amides is 1. The predicted octanol–water partition coefficient (Wildman–Crippen LogP) is 3.45. The second-order valence-electron chi connectivity index (χ2n) is 7.18. The van der Waals surface area contributed by atoms with Crippen LogP contribution in [0.15, 0.2) is 48.5 Å². The number of likely N-dealkylation sites (N-methyl/N-ethyl adjacent to an activating group) is 1. The van der Waals surface area contributed by atoms with Crippen LogP contribution in [0.2, 0.25) is 0 Å². The van der Waals surface area contributed by atoms with Crippen molar-refractivity contribution in [3.63, 3.8) is 0 Å². The number of carbonyl (C=O) groups is 1. The molecule has 0 radical (unpaired) electrons. The van der Waals surface area contributed by atoms with E-state index in [2.05, 4.69) is 65.7 Å². The van der Waals surface area contributed by atoms with Crippen molar-refractivity contribution in [1.82, 2.24) is 4.90 Å². The number of anilines is 2. The van der Waals surface area contributed by atoms with Gasteiger partial charge in [-0.15, -0.1) is 0 Å². The maximum Gasteiger partial charge on any atom is 0.231 e. The van der Waals surface area contributed by atoms with E-state index in [0.29, 0.717) is 18.5 Å². The van der Waals surface area contributed by atoms with Gasteiger partial charge in [0.05, 0.1) is 6.42 Å². The van der Waals surface area contributed by atoms with E-state index in [0.717, 1.165) is 36.4 Å². The molecule has 0 aliphatic carbocycles. The number of likely N-dealkylation sites (tertiary alicyclic amines) is 1. The SMILES string of the molecule is C[C@@H](c1ccccc1)N1CC[C@H](Nc2ccc3c(c2)CC(=O)N3C)C1. The van der Waals surface area contributed by atoms with E-state index >= 15 is 0 Å². The topological polar surface area (TPSA) is 35.6 Å². The largest absolute Gasteiger partial charge is 0.381 e. The first-order chi connectivity index (χ1) is 12.1. The van der Waals surface area contributed by atoms with Crippen molar-refractivity contribution in [2.45, 2.75) is 31.8 Å². The number of carbonyl (C=O) groups excluding carboxylic acids is 1. The maximum absolute atomic E-state index is 11.8. The molecular weight excluding hydrogens is 310 g/mol. The van der Waals surface area contributed by atoms with E-state index in [4.69, 9.17) is 0 Å². The number of benzene rings is 2. The van der Waals surface area contributed by atoms with Gasteiger partial charge < -0.3 is 10.2 Å². The molecule has 0 aromatic heterocycles. The molecule has 130 valence electrons. The minimum atomic E-state index is 0.177. The standard InChI is InChI=1S/C21H25N3O/c1-15(16-6-4-3-5-7-16)24-11-10-19(14-24)22-18-8-9-20-17(12-18)13-21(25)23(20)2/h3-9,12,15,19,22H,10-11,13-14H2,1-2H3/t15-,19-/m0/s1. The smallest absolute Gasteiger partial charge is 0.231 e. The van der Waals surface area contributed by atoms with Crippen LogP contribution in [0.25, 0.3) is 0 Å². The summed E-state index contributed by atoms with van der Waals surface area (Å²) in [4.78, 5) is 16.1. The van der Waals surface area contributed by atoms with Crippen LogP contribution < -0.4 is 10.2 Å². The van der Waals surface area contributed by atoms with E-state index in [1.165, 1.54) is 5.56 Å². The van der Waals surface area contributed by atoms with Crippen molar-refractivity contribution in [3.05, 3.63) is 59.7 Å². The molecule has 1 amide bonds. The summed E-state index contributed by atoms with van der Waals surface area (Å²) in [6.45, 7) is 4.44. The predicted molar refractivity (Wildman–Crippen MR) is 102 cm³/mol. The molecule has 1 saturated heterocycles. The van der Waals surface area contributed by atoms with Crippen LogP contribution >= 0.6 is 0 Å². The average Bonchev–Trinajstić information content (AvgIpc) is 3.20. The molecule has 4 heteroatoms. The van der Waals surface area contributed by atoms with Crippen molar-refractivity contribution in [2.75, 3.05) is 30.4 Å². The molecule has 2 heterocycles. The number of hydrogen-bond donors (Lipinski definition) is 1. The van der Waals surface area contributed by atoms with Crippen molar-refractivity contribution >= 4 is 17.3 Å². The van der Waals surface area contributed by atoms with Crippen LogP contribution in [0.5, 0.6) is 0 Å². The molecule has 2 atom stereocenters. The summed E-state index contributed by atoms with van der Waals surface area (Å²) < 4.78 is 0. The number of rotatable bonds is 4. The molecular formula is C21H25N3O. The zero-order valence-electron chi connectivity index (χ0n) is 14.9. The first kappa shape index (κ1) is 16.2. The van der Waals surface area contributed by atoms with Crippen molar-refractivity contribution in [2.24, 2.45) is 0 Å². The summed E-state index contributed by atoms with van der Waals surface area (Å²) in [6, 6.07) is 17.9. The Hall–Kier alpha value is -2.33. The van der Waals surface area contributed by atoms with Gasteiger partial charge in [-0.1, -0.05) is 30.3 Å². The molecule has 2 aromatic rings. The first-order valence-electron chi connectivity index (χ1n) is 9.07. The molecule has 0 saturated carbocycles. The van der Waals surface area contributed by atoms with Gasteiger partial charge in [-0.25, -0.2) is 0 Å². The average molecular weight is 335 g/mol. The molecule has 4 nitrogen and oxygen atoms in total. The van der Waals surface area contributed by atoms with Crippen LogP contribution in [0.3, 0.4) is 0 Å². The van der Waals surface area contributed by atoms with Gasteiger partial charge in [-0.05, 0) is 42.7 Å². The Morgan fingerprint density at radius 1 is 1.16 bits per heavy atom. The van der Waals surface area contributed by atoms with E-state index in [9.17, 15) is 4.79 Å². The Kier molecular flexibility index (Phi) is 4.22. The zero-order valence-corrected chi connectivity index (χ0v) is 14.9. The van der Waals surface area contributed by atoms with Gasteiger partial charge in [0.25, 0.3) is 0 Å². The fourth-order valence-corrected chi connectivity index (χ4v) is 3.99. The van der Waals surface area contributed by atoms with Gasteiger partial charge in [0.2, 0.25) is 5.91 Å². The minimum absolute atomic E-state index is 0.177. The minimum Gasteiger partial charge on any atom is -0.381 e. The Morgan fingerprint density at radius 3 is 2.76 bits per heavy atom. The summed E-state index contributed by atoms with van der Waals surface area (Å²) in [5.41, 5.74) is 4.68. The highest BCUT2D eigenvalue weighted by Crippen LogP contribution is 2.31. The quantitative estimate of drug-likeness (QED) is 0.929. The van der Waals surface area contributed by atoms with Gasteiger partial charge in [0, 0.05) is 43.6 Å². The van der Waals surface area contributed by atoms with Gasteiger partial charge >= 0.3 is 0 Å². The third-order valence-electron chi connectivity index (χ3n) is 5.58. The maximum atomic E-state index is 11.8. The lowest BCUT2D eigenvalue weighted by Gasteiger charge is -2.25. The molecule has 2 aromatic carbocycles. The monoisotopic (exact) mass is 335 g/mol. The molecule has 0 bridgehead atoms. The first-order valence-corrected chi connectivity index (χ1v) is 9.07. The Morgan fingerprint density at radius 2 is 1.96 bits per heavy atom. The highest BCUT2D eigenvalue weighted by molar-refractivity contribution is 6.01. The van der Waals surface area contributed by atoms with Crippen LogP contribution in [-0.2, 0) is 11.2 Å². The lowest BCUT2D eigenvalue weighted by molar-refractivity contribution is -0.117. The number of fused-ring (bicyclic) bond motifs is 1. The van der Waals surface area contributed by atoms with Gasteiger partial charge in [0.1, 0.15) is 0 Å². The Labute approximate surface area is 149 Å². The van der Waals surface area contributed by atoms with Crippen LogP contribution in [-0.4, -0.2) is 37.0 Å². The summed E-state index contributed by atoms with van der Waals surface area (Å²) >= 11 is 0. The lowest BCUT2D eigenvalue weighted by Crippen LogP contribution is -2.28.